The highest BCUT2D eigenvalue weighted by molar-refractivity contribution is 5.97. The lowest BCUT2D eigenvalue weighted by atomic mass is 10.1. The van der Waals surface area contributed by atoms with Gasteiger partial charge in [-0.2, -0.15) is 0 Å². The Balaban J connectivity index is 2.26. The van der Waals surface area contributed by atoms with Gasteiger partial charge in [-0.15, -0.1) is 20.2 Å². The summed E-state index contributed by atoms with van der Waals surface area (Å²) in [7, 11) is 0. The Kier molecular flexibility index (Phi) is 5.11. The van der Waals surface area contributed by atoms with Crippen molar-refractivity contribution in [3.05, 3.63) is 73.8 Å². The van der Waals surface area contributed by atoms with Gasteiger partial charge in [0.1, 0.15) is 13.2 Å². The Hall–Kier alpha value is -4.10. The number of fused-ring (bicyclic) bond motifs is 2. The second-order valence-corrected chi connectivity index (χ2v) is 8.45. The summed E-state index contributed by atoms with van der Waals surface area (Å²) in [5, 5.41) is 18.3. The Labute approximate surface area is 177 Å². The normalized spacial score (nSPS) is 12.4. The summed E-state index contributed by atoms with van der Waals surface area (Å²) in [6, 6.07) is 2.22. The Morgan fingerprint density at radius 2 is 0.938 bits per heavy atom. The highest BCUT2D eigenvalue weighted by Gasteiger charge is 2.32. The van der Waals surface area contributed by atoms with Gasteiger partial charge in [-0.1, -0.05) is 0 Å². The fourth-order valence-corrected chi connectivity index (χ4v) is 3.62. The van der Waals surface area contributed by atoms with Crippen LogP contribution in [0.1, 0.15) is 27.7 Å². The van der Waals surface area contributed by atoms with Crippen LogP contribution in [-0.2, 0) is 20.8 Å². The molecule has 0 N–H and O–H groups in total. The Morgan fingerprint density at radius 1 is 0.688 bits per heavy atom. The van der Waals surface area contributed by atoms with Gasteiger partial charge in [-0.25, -0.2) is 0 Å². The third-order valence-electron chi connectivity index (χ3n) is 5.15. The molecule has 32 heavy (non-hydrogen) atoms. The monoisotopic (exact) mass is 450 g/mol. The van der Waals surface area contributed by atoms with Crippen LogP contribution in [0, 0.1) is 20.2 Å². The van der Waals surface area contributed by atoms with Crippen LogP contribution < -0.4 is 22.2 Å². The van der Waals surface area contributed by atoms with Crippen molar-refractivity contribution in [2.75, 3.05) is 13.2 Å². The number of nitrogens with zero attached hydrogens (tertiary/aromatic N) is 4. The van der Waals surface area contributed by atoms with Crippen LogP contribution >= 0.6 is 0 Å². The first-order valence-corrected chi connectivity index (χ1v) is 9.19. The van der Waals surface area contributed by atoms with Gasteiger partial charge in [0.15, 0.2) is 0 Å². The highest BCUT2D eigenvalue weighted by atomic mass is 17.0. The molecule has 14 heteroatoms. The van der Waals surface area contributed by atoms with E-state index in [-0.39, 0.29) is 21.5 Å². The lowest BCUT2D eigenvalue weighted by Gasteiger charge is -2.23. The average molecular weight is 450 g/mol. The highest BCUT2D eigenvalue weighted by Crippen LogP contribution is 2.20. The standard InChI is InChI=1S/C18H18N4O10/c1-17(2,7-31-21(27)28)19-13(23)9-5-11-12(6-10(9)14(19)24)16(26)20(15(11)25)18(3,4)8-32-22(29)30/h5-6H,7-8H2,1-4H3. The molecule has 0 radical (unpaired) electrons. The molecule has 0 fully saturated rings. The number of benzene rings is 1. The molecule has 0 saturated heterocycles. The molecule has 0 atom stereocenters. The van der Waals surface area contributed by atoms with Crippen LogP contribution in [0.5, 0.6) is 0 Å². The molecule has 0 saturated carbocycles. The van der Waals surface area contributed by atoms with Crippen molar-refractivity contribution in [1.82, 2.24) is 9.13 Å². The van der Waals surface area contributed by atoms with Gasteiger partial charge in [0.2, 0.25) is 0 Å². The van der Waals surface area contributed by atoms with E-state index in [1.807, 2.05) is 0 Å². The van der Waals surface area contributed by atoms with Gasteiger partial charge in [-0.05, 0) is 39.8 Å². The van der Waals surface area contributed by atoms with Crippen molar-refractivity contribution in [1.29, 1.82) is 0 Å². The zero-order valence-corrected chi connectivity index (χ0v) is 17.4. The van der Waals surface area contributed by atoms with Crippen molar-refractivity contribution in [2.45, 2.75) is 38.8 Å². The van der Waals surface area contributed by atoms with Crippen LogP contribution in [0.3, 0.4) is 0 Å². The predicted octanol–water partition coefficient (Wildman–Crippen LogP) is -0.201. The van der Waals surface area contributed by atoms with Crippen LogP contribution in [0.4, 0.5) is 0 Å². The molecule has 0 amide bonds. The van der Waals surface area contributed by atoms with Crippen LogP contribution in [-0.4, -0.2) is 32.5 Å². The van der Waals surface area contributed by atoms with E-state index in [0.717, 1.165) is 21.3 Å². The van der Waals surface area contributed by atoms with E-state index in [1.54, 1.807) is 0 Å². The lowest BCUT2D eigenvalue weighted by Crippen LogP contribution is -2.44. The fraction of sp³-hybridized carbons (Fsp3) is 0.444. The number of hydrogen-bond acceptors (Lipinski definition) is 10. The van der Waals surface area contributed by atoms with Gasteiger partial charge in [-0.3, -0.25) is 28.3 Å². The summed E-state index contributed by atoms with van der Waals surface area (Å²) >= 11 is 0. The summed E-state index contributed by atoms with van der Waals surface area (Å²) in [6.45, 7) is 4.40. The molecule has 0 aliphatic rings. The molecule has 2 heterocycles. The third kappa shape index (κ3) is 3.48. The molecular formula is C18H18N4O10. The van der Waals surface area contributed by atoms with Crippen molar-refractivity contribution in [2.24, 2.45) is 0 Å². The van der Waals surface area contributed by atoms with Gasteiger partial charge in [0, 0.05) is 0 Å². The molecule has 0 bridgehead atoms. The maximum absolute atomic E-state index is 12.9. The second-order valence-electron chi connectivity index (χ2n) is 8.45. The van der Waals surface area contributed by atoms with Gasteiger partial charge in [0.05, 0.1) is 32.6 Å². The van der Waals surface area contributed by atoms with Crippen LogP contribution in [0.25, 0.3) is 21.5 Å². The van der Waals surface area contributed by atoms with Crippen LogP contribution in [0.15, 0.2) is 31.3 Å². The van der Waals surface area contributed by atoms with E-state index in [2.05, 4.69) is 9.68 Å². The first-order chi connectivity index (χ1) is 14.7. The van der Waals surface area contributed by atoms with E-state index in [0.29, 0.717) is 0 Å². The van der Waals surface area contributed by atoms with E-state index < -0.39 is 56.7 Å². The van der Waals surface area contributed by atoms with E-state index in [9.17, 15) is 39.4 Å². The largest absolute Gasteiger partial charge is 0.311 e. The van der Waals surface area contributed by atoms with E-state index in [4.69, 9.17) is 0 Å². The Morgan fingerprint density at radius 3 is 1.16 bits per heavy atom. The maximum atomic E-state index is 12.9. The summed E-state index contributed by atoms with van der Waals surface area (Å²) in [4.78, 5) is 81.3. The molecule has 14 nitrogen and oxygen atoms in total. The quantitative estimate of drug-likeness (QED) is 0.329. The first-order valence-electron chi connectivity index (χ1n) is 9.19. The zero-order valence-electron chi connectivity index (χ0n) is 17.4. The predicted molar refractivity (Wildman–Crippen MR) is 109 cm³/mol. The maximum Gasteiger partial charge on any atom is 0.294 e. The second kappa shape index (κ2) is 7.25. The fourth-order valence-electron chi connectivity index (χ4n) is 3.62. The summed E-state index contributed by atoms with van der Waals surface area (Å²) in [6.07, 6.45) is 0. The van der Waals surface area contributed by atoms with Gasteiger partial charge >= 0.3 is 0 Å². The minimum Gasteiger partial charge on any atom is -0.311 e. The Bertz CT molecular complexity index is 1280. The molecule has 1 aromatic carbocycles. The molecule has 3 rings (SSSR count). The minimum atomic E-state index is -1.40. The van der Waals surface area contributed by atoms with E-state index in [1.165, 1.54) is 27.7 Å². The molecule has 0 spiro atoms. The van der Waals surface area contributed by atoms with Gasteiger partial charge < -0.3 is 9.68 Å². The first kappa shape index (κ1) is 22.6. The zero-order chi connectivity index (χ0) is 24.2. The third-order valence-corrected chi connectivity index (χ3v) is 5.15. The number of hydrogen-bond donors (Lipinski definition) is 0. The summed E-state index contributed by atoms with van der Waals surface area (Å²) in [5.74, 6) is 0. The van der Waals surface area contributed by atoms with Crippen molar-refractivity contribution < 1.29 is 19.8 Å². The van der Waals surface area contributed by atoms with Crippen molar-refractivity contribution in [3.8, 4) is 0 Å². The minimum absolute atomic E-state index is 0.148. The average Bonchev–Trinajstić information content (AvgIpc) is 3.08. The lowest BCUT2D eigenvalue weighted by molar-refractivity contribution is -0.760. The molecule has 0 unspecified atom stereocenters. The molecule has 170 valence electrons. The van der Waals surface area contributed by atoms with Crippen molar-refractivity contribution >= 4 is 21.5 Å². The topological polar surface area (TPSA) is 183 Å². The summed E-state index contributed by atoms with van der Waals surface area (Å²) < 4.78 is 1.55. The molecule has 0 aliphatic carbocycles. The van der Waals surface area contributed by atoms with Gasteiger partial charge in [0.25, 0.3) is 32.4 Å². The number of rotatable bonds is 8. The van der Waals surface area contributed by atoms with Crippen molar-refractivity contribution in [3.63, 3.8) is 0 Å². The summed E-state index contributed by atoms with van der Waals surface area (Å²) in [5.41, 5.74) is -6.02. The molecule has 2 aromatic heterocycles. The molecule has 3 aromatic rings. The van der Waals surface area contributed by atoms with E-state index >= 15 is 0 Å². The van der Waals surface area contributed by atoms with Crippen LogP contribution in [0.2, 0.25) is 0 Å². The molecule has 0 aliphatic heterocycles. The number of aromatic nitrogens is 2. The molecular weight excluding hydrogens is 432 g/mol. The smallest absolute Gasteiger partial charge is 0.294 e. The SMILES string of the molecule is CC(C)(CO[N+](=O)[O-])n1c(=O)c2cc3c(=O)n(C(C)(C)CO[N+](=O)[O-])c(=O)c3cc2c1=O.